The van der Waals surface area contributed by atoms with E-state index in [4.69, 9.17) is 4.74 Å². The van der Waals surface area contributed by atoms with Crippen LogP contribution in [0.25, 0.3) is 0 Å². The Hall–Kier alpha value is -1.51. The van der Waals surface area contributed by atoms with Gasteiger partial charge in [0, 0.05) is 12.0 Å². The van der Waals surface area contributed by atoms with E-state index < -0.39 is 0 Å². The zero-order chi connectivity index (χ0) is 11.3. The van der Waals surface area contributed by atoms with E-state index in [2.05, 4.69) is 0 Å². The zero-order valence-electron chi connectivity index (χ0n) is 9.12. The second-order valence-corrected chi connectivity index (χ2v) is 3.41. The van der Waals surface area contributed by atoms with Crippen LogP contribution in [0.3, 0.4) is 0 Å². The van der Waals surface area contributed by atoms with Gasteiger partial charge in [0.15, 0.2) is 17.3 Å². The summed E-state index contributed by atoms with van der Waals surface area (Å²) in [6.07, 6.45) is 2.44. The average Bonchev–Trinajstić information content (AvgIpc) is 2.26. The van der Waals surface area contributed by atoms with E-state index in [0.717, 1.165) is 12.8 Å². The molecule has 0 unspecified atom stereocenters. The van der Waals surface area contributed by atoms with E-state index in [1.165, 1.54) is 13.2 Å². The van der Waals surface area contributed by atoms with E-state index in [1.54, 1.807) is 12.1 Å². The van der Waals surface area contributed by atoms with Crippen molar-refractivity contribution < 1.29 is 14.6 Å². The molecule has 3 heteroatoms. The van der Waals surface area contributed by atoms with Gasteiger partial charge in [-0.15, -0.1) is 0 Å². The summed E-state index contributed by atoms with van der Waals surface area (Å²) in [6.45, 7) is 2.05. The lowest BCUT2D eigenvalue weighted by Gasteiger charge is -2.05. The number of unbranched alkanes of at least 4 members (excludes halogenated alkanes) is 1. The van der Waals surface area contributed by atoms with Crippen molar-refractivity contribution in [2.75, 3.05) is 7.11 Å². The molecule has 0 amide bonds. The fourth-order valence-electron chi connectivity index (χ4n) is 1.33. The SMILES string of the molecule is CCCCC(=O)c1ccc(O)c(OC)c1. The fraction of sp³-hybridized carbons (Fsp3) is 0.417. The molecule has 82 valence electrons. The van der Waals surface area contributed by atoms with Gasteiger partial charge >= 0.3 is 0 Å². The minimum absolute atomic E-state index is 0.0598. The number of ether oxygens (including phenoxy) is 1. The molecule has 0 spiro atoms. The Kier molecular flexibility index (Phi) is 4.16. The Morgan fingerprint density at radius 2 is 2.20 bits per heavy atom. The molecule has 3 nitrogen and oxygen atoms in total. The minimum atomic E-state index is 0.0598. The van der Waals surface area contributed by atoms with Crippen LogP contribution in [0.2, 0.25) is 0 Å². The van der Waals surface area contributed by atoms with Crippen molar-refractivity contribution in [1.29, 1.82) is 0 Å². The van der Waals surface area contributed by atoms with Crippen LogP contribution in [0, 0.1) is 0 Å². The van der Waals surface area contributed by atoms with Gasteiger partial charge in [0.2, 0.25) is 0 Å². The van der Waals surface area contributed by atoms with Crippen LogP contribution in [0.15, 0.2) is 18.2 Å². The monoisotopic (exact) mass is 208 g/mol. The van der Waals surface area contributed by atoms with Crippen molar-refractivity contribution in [2.24, 2.45) is 0 Å². The molecule has 0 aliphatic rings. The molecular weight excluding hydrogens is 192 g/mol. The number of methoxy groups -OCH3 is 1. The fourth-order valence-corrected chi connectivity index (χ4v) is 1.33. The van der Waals surface area contributed by atoms with Crippen LogP contribution in [-0.2, 0) is 0 Å². The van der Waals surface area contributed by atoms with E-state index >= 15 is 0 Å². The minimum Gasteiger partial charge on any atom is -0.504 e. The first kappa shape index (κ1) is 11.6. The highest BCUT2D eigenvalue weighted by Gasteiger charge is 2.08. The third-order valence-corrected chi connectivity index (χ3v) is 2.26. The third-order valence-electron chi connectivity index (χ3n) is 2.26. The molecule has 1 aromatic carbocycles. The van der Waals surface area contributed by atoms with E-state index in [9.17, 15) is 9.90 Å². The summed E-state index contributed by atoms with van der Waals surface area (Å²) in [4.78, 5) is 11.6. The van der Waals surface area contributed by atoms with Crippen LogP contribution in [0.1, 0.15) is 36.5 Å². The number of hydrogen-bond donors (Lipinski definition) is 1. The van der Waals surface area contributed by atoms with Gasteiger partial charge in [0.25, 0.3) is 0 Å². The molecule has 0 atom stereocenters. The number of Topliss-reactive ketones (excluding diaryl/α,β-unsaturated/α-hetero) is 1. The van der Waals surface area contributed by atoms with Gasteiger partial charge in [-0.25, -0.2) is 0 Å². The number of aromatic hydroxyl groups is 1. The molecule has 1 N–H and O–H groups in total. The lowest BCUT2D eigenvalue weighted by atomic mass is 10.1. The van der Waals surface area contributed by atoms with Crippen LogP contribution >= 0.6 is 0 Å². The summed E-state index contributed by atoms with van der Waals surface area (Å²) in [5.41, 5.74) is 0.595. The predicted molar refractivity (Wildman–Crippen MR) is 58.5 cm³/mol. The number of ketones is 1. The second kappa shape index (κ2) is 5.39. The first-order valence-corrected chi connectivity index (χ1v) is 5.09. The van der Waals surface area contributed by atoms with Gasteiger partial charge in [-0.2, -0.15) is 0 Å². The first-order chi connectivity index (χ1) is 7.19. The molecule has 0 radical (unpaired) electrons. The number of carbonyl (C=O) groups excluding carboxylic acids is 1. The number of benzene rings is 1. The third kappa shape index (κ3) is 2.98. The van der Waals surface area contributed by atoms with Gasteiger partial charge in [-0.05, 0) is 24.6 Å². The van der Waals surface area contributed by atoms with Crippen molar-refractivity contribution in [3.8, 4) is 11.5 Å². The number of rotatable bonds is 5. The van der Waals surface area contributed by atoms with Gasteiger partial charge in [-0.1, -0.05) is 13.3 Å². The maximum absolute atomic E-state index is 11.6. The molecule has 1 rings (SSSR count). The van der Waals surface area contributed by atoms with Gasteiger partial charge in [-0.3, -0.25) is 4.79 Å². The number of phenolic OH excluding ortho intramolecular Hbond substituents is 1. The van der Waals surface area contributed by atoms with Crippen molar-refractivity contribution in [3.63, 3.8) is 0 Å². The number of hydrogen-bond acceptors (Lipinski definition) is 3. The van der Waals surface area contributed by atoms with Gasteiger partial charge in [0.1, 0.15) is 0 Å². The molecule has 0 fully saturated rings. The summed E-state index contributed by atoms with van der Waals surface area (Å²) in [5.74, 6) is 0.497. The molecule has 1 aromatic rings. The molecule has 0 aliphatic heterocycles. The number of phenols is 1. The smallest absolute Gasteiger partial charge is 0.163 e. The first-order valence-electron chi connectivity index (χ1n) is 5.09. The van der Waals surface area contributed by atoms with Crippen LogP contribution < -0.4 is 4.74 Å². The van der Waals surface area contributed by atoms with Crippen LogP contribution in [0.5, 0.6) is 11.5 Å². The normalized spacial score (nSPS) is 10.0. The molecule has 0 saturated carbocycles. The summed E-state index contributed by atoms with van der Waals surface area (Å²) in [5, 5.41) is 9.36. The maximum atomic E-state index is 11.6. The largest absolute Gasteiger partial charge is 0.504 e. The standard InChI is InChI=1S/C12H16O3/c1-3-4-5-10(13)9-6-7-11(14)12(8-9)15-2/h6-8,14H,3-5H2,1-2H3. The highest BCUT2D eigenvalue weighted by molar-refractivity contribution is 5.96. The average molecular weight is 208 g/mol. The Morgan fingerprint density at radius 1 is 1.47 bits per heavy atom. The Balaban J connectivity index is 2.81. The van der Waals surface area contributed by atoms with Crippen LogP contribution in [0.4, 0.5) is 0 Å². The lowest BCUT2D eigenvalue weighted by molar-refractivity contribution is 0.0979. The van der Waals surface area contributed by atoms with Crippen molar-refractivity contribution in [3.05, 3.63) is 23.8 Å². The molecular formula is C12H16O3. The highest BCUT2D eigenvalue weighted by atomic mass is 16.5. The summed E-state index contributed by atoms with van der Waals surface area (Å²) in [6, 6.07) is 4.68. The quantitative estimate of drug-likeness (QED) is 0.757. The van der Waals surface area contributed by atoms with Crippen molar-refractivity contribution >= 4 is 5.78 Å². The summed E-state index contributed by atoms with van der Waals surface area (Å²) >= 11 is 0. The molecule has 0 bridgehead atoms. The molecule has 0 saturated heterocycles. The lowest BCUT2D eigenvalue weighted by Crippen LogP contribution is -1.99. The van der Waals surface area contributed by atoms with Crippen molar-refractivity contribution in [2.45, 2.75) is 26.2 Å². The Morgan fingerprint density at radius 3 is 2.80 bits per heavy atom. The highest BCUT2D eigenvalue weighted by Crippen LogP contribution is 2.26. The van der Waals surface area contributed by atoms with E-state index in [1.807, 2.05) is 6.92 Å². The zero-order valence-corrected chi connectivity index (χ0v) is 9.12. The Labute approximate surface area is 89.7 Å². The predicted octanol–water partition coefficient (Wildman–Crippen LogP) is 2.77. The van der Waals surface area contributed by atoms with Gasteiger partial charge in [0.05, 0.1) is 7.11 Å². The van der Waals surface area contributed by atoms with Crippen molar-refractivity contribution in [1.82, 2.24) is 0 Å². The molecule has 0 aromatic heterocycles. The van der Waals surface area contributed by atoms with E-state index in [0.29, 0.717) is 17.7 Å². The molecule has 0 aliphatic carbocycles. The van der Waals surface area contributed by atoms with E-state index in [-0.39, 0.29) is 11.5 Å². The Bertz CT molecular complexity index is 345. The summed E-state index contributed by atoms with van der Waals surface area (Å²) in [7, 11) is 1.47. The molecule has 0 heterocycles. The molecule has 15 heavy (non-hydrogen) atoms. The second-order valence-electron chi connectivity index (χ2n) is 3.41. The number of carbonyl (C=O) groups is 1. The van der Waals surface area contributed by atoms with Crippen LogP contribution in [-0.4, -0.2) is 18.0 Å². The topological polar surface area (TPSA) is 46.5 Å². The maximum Gasteiger partial charge on any atom is 0.163 e. The van der Waals surface area contributed by atoms with Gasteiger partial charge < -0.3 is 9.84 Å². The summed E-state index contributed by atoms with van der Waals surface area (Å²) < 4.78 is 4.94.